The quantitative estimate of drug-likeness (QED) is 0.498. The highest BCUT2D eigenvalue weighted by atomic mass is 19.4. The van der Waals surface area contributed by atoms with Crippen molar-refractivity contribution < 1.29 is 22.7 Å². The minimum atomic E-state index is -4.87. The Kier molecular flexibility index (Phi) is 8.08. The van der Waals surface area contributed by atoms with Gasteiger partial charge in [0.25, 0.3) is 0 Å². The van der Waals surface area contributed by atoms with E-state index in [1.165, 1.54) is 57.8 Å². The van der Waals surface area contributed by atoms with Gasteiger partial charge < -0.3 is 4.74 Å². The first-order chi connectivity index (χ1) is 11.9. The average Bonchev–Trinajstić information content (AvgIpc) is 2.57. The number of ether oxygens (including phenoxy) is 1. The van der Waals surface area contributed by atoms with Crippen LogP contribution in [0.25, 0.3) is 0 Å². The van der Waals surface area contributed by atoms with Crippen LogP contribution >= 0.6 is 0 Å². The molecule has 2 fully saturated rings. The second-order valence-corrected chi connectivity index (χ2v) is 8.22. The molecule has 2 aliphatic carbocycles. The Morgan fingerprint density at radius 2 is 1.28 bits per heavy atom. The molecule has 0 spiro atoms. The van der Waals surface area contributed by atoms with Crippen LogP contribution in [0.1, 0.15) is 84.0 Å². The summed E-state index contributed by atoms with van der Waals surface area (Å²) >= 11 is 0. The molecule has 2 rings (SSSR count). The molecule has 2 aliphatic rings. The van der Waals surface area contributed by atoms with Crippen molar-refractivity contribution >= 4 is 5.97 Å². The van der Waals surface area contributed by atoms with Gasteiger partial charge in [-0.2, -0.15) is 13.2 Å². The third-order valence-electron chi connectivity index (χ3n) is 6.29. The molecule has 0 saturated heterocycles. The smallest absolute Gasteiger partial charge is 0.459 e. The molecule has 0 heterocycles. The van der Waals surface area contributed by atoms with Gasteiger partial charge in [-0.3, -0.25) is 0 Å². The first kappa shape index (κ1) is 20.6. The first-order valence-electron chi connectivity index (χ1n) is 10.1. The molecule has 0 radical (unpaired) electrons. The summed E-state index contributed by atoms with van der Waals surface area (Å²) in [5.41, 5.74) is 0. The molecule has 0 bridgehead atoms. The fraction of sp³-hybridized carbons (Fsp3) is 0.950. The SMILES string of the molecule is CCCC1CCC(CC2CCC(CCOC(=O)C(F)(F)F)CC2)CC1. The number of hydrogen-bond donors (Lipinski definition) is 0. The van der Waals surface area contributed by atoms with Crippen LogP contribution in [0.15, 0.2) is 0 Å². The van der Waals surface area contributed by atoms with E-state index in [2.05, 4.69) is 11.7 Å². The predicted molar refractivity (Wildman–Crippen MR) is 92.1 cm³/mol. The highest BCUT2D eigenvalue weighted by Gasteiger charge is 2.40. The van der Waals surface area contributed by atoms with Crippen molar-refractivity contribution in [2.24, 2.45) is 23.7 Å². The molecule has 0 N–H and O–H groups in total. The van der Waals surface area contributed by atoms with E-state index in [-0.39, 0.29) is 6.61 Å². The molecule has 0 amide bonds. The molecular formula is C20H33F3O2. The largest absolute Gasteiger partial charge is 0.490 e. The minimum Gasteiger partial charge on any atom is -0.459 e. The van der Waals surface area contributed by atoms with Crippen molar-refractivity contribution in [3.8, 4) is 0 Å². The lowest BCUT2D eigenvalue weighted by molar-refractivity contribution is -0.200. The van der Waals surface area contributed by atoms with Gasteiger partial charge in [-0.1, -0.05) is 71.1 Å². The van der Waals surface area contributed by atoms with E-state index in [1.807, 2.05) is 0 Å². The zero-order valence-electron chi connectivity index (χ0n) is 15.5. The summed E-state index contributed by atoms with van der Waals surface area (Å²) in [6, 6.07) is 0. The van der Waals surface area contributed by atoms with E-state index >= 15 is 0 Å². The maximum Gasteiger partial charge on any atom is 0.490 e. The van der Waals surface area contributed by atoms with Crippen LogP contribution < -0.4 is 0 Å². The second-order valence-electron chi connectivity index (χ2n) is 8.22. The number of rotatable bonds is 7. The van der Waals surface area contributed by atoms with E-state index in [0.717, 1.165) is 30.6 Å². The molecular weight excluding hydrogens is 329 g/mol. The van der Waals surface area contributed by atoms with Crippen LogP contribution in [0.5, 0.6) is 0 Å². The van der Waals surface area contributed by atoms with Crippen LogP contribution in [0.4, 0.5) is 13.2 Å². The fourth-order valence-electron chi connectivity index (χ4n) is 4.79. The maximum atomic E-state index is 12.1. The van der Waals surface area contributed by atoms with Gasteiger partial charge in [-0.05, 0) is 36.5 Å². The van der Waals surface area contributed by atoms with Gasteiger partial charge >= 0.3 is 12.1 Å². The van der Waals surface area contributed by atoms with Crippen molar-refractivity contribution in [1.82, 2.24) is 0 Å². The molecule has 5 heteroatoms. The zero-order chi connectivity index (χ0) is 18.3. The molecule has 0 aromatic rings. The average molecular weight is 362 g/mol. The van der Waals surface area contributed by atoms with Gasteiger partial charge in [0.15, 0.2) is 0 Å². The maximum absolute atomic E-state index is 12.1. The van der Waals surface area contributed by atoms with Crippen molar-refractivity contribution in [2.75, 3.05) is 6.61 Å². The van der Waals surface area contributed by atoms with Gasteiger partial charge in [-0.25, -0.2) is 4.79 Å². The number of esters is 1. The molecule has 2 nitrogen and oxygen atoms in total. The lowest BCUT2D eigenvalue weighted by Gasteiger charge is -2.34. The first-order valence-corrected chi connectivity index (χ1v) is 10.1. The lowest BCUT2D eigenvalue weighted by atomic mass is 9.72. The summed E-state index contributed by atoms with van der Waals surface area (Å²) in [5.74, 6) is 0.998. The van der Waals surface area contributed by atoms with E-state index in [0.29, 0.717) is 12.3 Å². The highest BCUT2D eigenvalue weighted by molar-refractivity contribution is 5.75. The molecule has 0 aromatic carbocycles. The zero-order valence-corrected chi connectivity index (χ0v) is 15.5. The molecule has 25 heavy (non-hydrogen) atoms. The van der Waals surface area contributed by atoms with Gasteiger partial charge in [0.05, 0.1) is 6.61 Å². The number of alkyl halides is 3. The molecule has 0 unspecified atom stereocenters. The minimum absolute atomic E-state index is 0.102. The van der Waals surface area contributed by atoms with Gasteiger partial charge in [0.1, 0.15) is 0 Å². The van der Waals surface area contributed by atoms with Crippen LogP contribution in [0.2, 0.25) is 0 Å². The molecule has 2 saturated carbocycles. The topological polar surface area (TPSA) is 26.3 Å². The van der Waals surface area contributed by atoms with Gasteiger partial charge in [-0.15, -0.1) is 0 Å². The van der Waals surface area contributed by atoms with Crippen LogP contribution in [0, 0.1) is 23.7 Å². The third kappa shape index (κ3) is 7.18. The summed E-state index contributed by atoms with van der Waals surface area (Å²) in [6.45, 7) is 2.17. The van der Waals surface area contributed by atoms with Crippen molar-refractivity contribution in [1.29, 1.82) is 0 Å². The summed E-state index contributed by atoms with van der Waals surface area (Å²) in [7, 11) is 0. The number of carbonyl (C=O) groups is 1. The normalized spacial score (nSPS) is 30.9. The van der Waals surface area contributed by atoms with E-state index in [4.69, 9.17) is 0 Å². The monoisotopic (exact) mass is 362 g/mol. The Morgan fingerprint density at radius 1 is 0.840 bits per heavy atom. The standard InChI is InChI=1S/C20H33F3O2/c1-2-3-15-4-8-17(9-5-15)14-18-10-6-16(7-11-18)12-13-25-19(24)20(21,22)23/h15-18H,2-14H2,1H3. The Balaban J connectivity index is 1.57. The third-order valence-corrected chi connectivity index (χ3v) is 6.29. The summed E-state index contributed by atoms with van der Waals surface area (Å²) in [6.07, 6.45) is 9.82. The number of carbonyl (C=O) groups excluding carboxylic acids is 1. The molecule has 0 aromatic heterocycles. The van der Waals surface area contributed by atoms with E-state index < -0.39 is 12.1 Å². The molecule has 0 aliphatic heterocycles. The van der Waals surface area contributed by atoms with Crippen LogP contribution in [0.3, 0.4) is 0 Å². The van der Waals surface area contributed by atoms with Crippen LogP contribution in [-0.4, -0.2) is 18.8 Å². The van der Waals surface area contributed by atoms with E-state index in [9.17, 15) is 18.0 Å². The van der Waals surface area contributed by atoms with Crippen molar-refractivity contribution in [2.45, 2.75) is 90.1 Å². The Morgan fingerprint density at radius 3 is 1.72 bits per heavy atom. The molecule has 0 atom stereocenters. The van der Waals surface area contributed by atoms with E-state index in [1.54, 1.807) is 0 Å². The van der Waals surface area contributed by atoms with Crippen molar-refractivity contribution in [3.05, 3.63) is 0 Å². The Labute approximate surface area is 149 Å². The second kappa shape index (κ2) is 9.82. The summed E-state index contributed by atoms with van der Waals surface area (Å²) in [4.78, 5) is 10.7. The predicted octanol–water partition coefficient (Wildman–Crippen LogP) is 6.29. The fourth-order valence-corrected chi connectivity index (χ4v) is 4.79. The highest BCUT2D eigenvalue weighted by Crippen LogP contribution is 2.39. The Hall–Kier alpha value is -0.740. The summed E-state index contributed by atoms with van der Waals surface area (Å²) in [5, 5.41) is 0. The number of hydrogen-bond acceptors (Lipinski definition) is 2. The summed E-state index contributed by atoms with van der Waals surface area (Å²) < 4.78 is 40.6. The van der Waals surface area contributed by atoms with Gasteiger partial charge in [0.2, 0.25) is 0 Å². The number of halogens is 3. The van der Waals surface area contributed by atoms with Crippen LogP contribution in [-0.2, 0) is 9.53 Å². The Bertz CT molecular complexity index is 392. The molecule has 146 valence electrons. The lowest BCUT2D eigenvalue weighted by Crippen LogP contribution is -2.26. The van der Waals surface area contributed by atoms with Crippen molar-refractivity contribution in [3.63, 3.8) is 0 Å². The van der Waals surface area contributed by atoms with Gasteiger partial charge in [0, 0.05) is 0 Å².